The first kappa shape index (κ1) is 24.2. The fraction of sp³-hybridized carbons (Fsp3) is 0.238. The highest BCUT2D eigenvalue weighted by atomic mass is 32.2. The van der Waals surface area contributed by atoms with Crippen LogP contribution in [0, 0.1) is 5.82 Å². The van der Waals surface area contributed by atoms with Crippen LogP contribution in [0.4, 0.5) is 23.2 Å². The van der Waals surface area contributed by atoms with Gasteiger partial charge in [0.2, 0.25) is 5.91 Å². The van der Waals surface area contributed by atoms with Crippen molar-refractivity contribution in [2.24, 2.45) is 7.05 Å². The first-order valence-electron chi connectivity index (χ1n) is 9.61. The largest absolute Gasteiger partial charge is 0.416 e. The maximum Gasteiger partial charge on any atom is 0.416 e. The van der Waals surface area contributed by atoms with Crippen LogP contribution < -0.4 is 10.6 Å². The first-order chi connectivity index (χ1) is 15.6. The molecule has 0 saturated carbocycles. The number of amides is 2. The number of alkyl halides is 3. The molecule has 0 spiro atoms. The molecular weight excluding hydrogens is 462 g/mol. The van der Waals surface area contributed by atoms with Crippen LogP contribution in [0.25, 0.3) is 0 Å². The van der Waals surface area contributed by atoms with Crippen molar-refractivity contribution in [3.63, 3.8) is 0 Å². The first-order valence-corrected chi connectivity index (χ1v) is 10.6. The Balaban J connectivity index is 1.56. The molecule has 3 aromatic rings. The third kappa shape index (κ3) is 6.09. The predicted octanol–water partition coefficient (Wildman–Crippen LogP) is 4.19. The molecule has 7 nitrogen and oxygen atoms in total. The van der Waals surface area contributed by atoms with Crippen LogP contribution >= 0.6 is 11.8 Å². The predicted molar refractivity (Wildman–Crippen MR) is 114 cm³/mol. The Hall–Kier alpha value is -3.41. The quantitative estimate of drug-likeness (QED) is 0.390. The van der Waals surface area contributed by atoms with Crippen molar-refractivity contribution < 1.29 is 27.2 Å². The molecule has 0 aliphatic rings. The lowest BCUT2D eigenvalue weighted by atomic mass is 10.2. The standard InChI is InChI=1S/C21H19F4N5O2S/c1-12(26-19(32)15-5-3-4-6-16(15)22)18-28-29-20(30(18)2)33-11-17(31)27-14-9-7-13(8-10-14)21(23,24)25/h3-10,12H,11H2,1-2H3,(H,26,32)(H,27,31). The van der Waals surface area contributed by atoms with E-state index in [-0.39, 0.29) is 17.0 Å². The number of rotatable bonds is 7. The van der Waals surface area contributed by atoms with Crippen LogP contribution in [-0.2, 0) is 18.0 Å². The van der Waals surface area contributed by atoms with Crippen molar-refractivity contribution in [3.05, 3.63) is 71.3 Å². The summed E-state index contributed by atoms with van der Waals surface area (Å²) in [6.07, 6.45) is -4.45. The molecule has 0 aliphatic heterocycles. The molecular formula is C21H19F4N5O2S. The summed E-state index contributed by atoms with van der Waals surface area (Å²) in [5.74, 6) is -1.36. The Morgan fingerprint density at radius 2 is 1.76 bits per heavy atom. The van der Waals surface area contributed by atoms with E-state index < -0.39 is 35.4 Å². The number of halogens is 4. The molecule has 0 bridgehead atoms. The second-order valence-corrected chi connectivity index (χ2v) is 7.93. The normalized spacial score (nSPS) is 12.3. The van der Waals surface area contributed by atoms with Crippen LogP contribution in [0.15, 0.2) is 53.7 Å². The number of anilines is 1. The van der Waals surface area contributed by atoms with E-state index in [4.69, 9.17) is 0 Å². The number of nitrogens with one attached hydrogen (secondary N) is 2. The minimum atomic E-state index is -4.45. The molecule has 1 unspecified atom stereocenters. The monoisotopic (exact) mass is 481 g/mol. The minimum absolute atomic E-state index is 0.0665. The second-order valence-electron chi connectivity index (χ2n) is 6.99. The Labute approximate surface area is 190 Å². The molecule has 33 heavy (non-hydrogen) atoms. The van der Waals surface area contributed by atoms with E-state index in [0.717, 1.165) is 23.9 Å². The van der Waals surface area contributed by atoms with Crippen molar-refractivity contribution in [3.8, 4) is 0 Å². The van der Waals surface area contributed by atoms with E-state index in [1.165, 1.54) is 30.3 Å². The number of carbonyl (C=O) groups is 2. The molecule has 1 aromatic heterocycles. The van der Waals surface area contributed by atoms with Crippen molar-refractivity contribution in [1.29, 1.82) is 0 Å². The third-order valence-corrected chi connectivity index (χ3v) is 5.57. The summed E-state index contributed by atoms with van der Waals surface area (Å²) < 4.78 is 53.2. The van der Waals surface area contributed by atoms with Crippen molar-refractivity contribution in [1.82, 2.24) is 20.1 Å². The number of aromatic nitrogens is 3. The number of thioether (sulfide) groups is 1. The zero-order chi connectivity index (χ0) is 24.2. The Kier molecular flexibility index (Phi) is 7.36. The zero-order valence-electron chi connectivity index (χ0n) is 17.5. The van der Waals surface area contributed by atoms with Crippen LogP contribution in [-0.4, -0.2) is 32.3 Å². The van der Waals surface area contributed by atoms with Gasteiger partial charge in [-0.3, -0.25) is 9.59 Å². The summed E-state index contributed by atoms with van der Waals surface area (Å²) in [6, 6.07) is 9.10. The van der Waals surface area contributed by atoms with Crippen molar-refractivity contribution in [2.75, 3.05) is 11.1 Å². The number of hydrogen-bond acceptors (Lipinski definition) is 5. The molecule has 1 atom stereocenters. The Morgan fingerprint density at radius 1 is 1.09 bits per heavy atom. The summed E-state index contributed by atoms with van der Waals surface area (Å²) in [6.45, 7) is 1.66. The van der Waals surface area contributed by atoms with Gasteiger partial charge in [-0.1, -0.05) is 23.9 Å². The maximum absolute atomic E-state index is 13.8. The van der Waals surface area contributed by atoms with E-state index in [1.807, 2.05) is 0 Å². The van der Waals surface area contributed by atoms with Crippen LogP contribution in [0.5, 0.6) is 0 Å². The van der Waals surface area contributed by atoms with E-state index in [2.05, 4.69) is 20.8 Å². The lowest BCUT2D eigenvalue weighted by Gasteiger charge is -2.14. The number of hydrogen-bond donors (Lipinski definition) is 2. The minimum Gasteiger partial charge on any atom is -0.342 e. The molecule has 1 heterocycles. The van der Waals surface area contributed by atoms with Gasteiger partial charge in [0.15, 0.2) is 11.0 Å². The highest BCUT2D eigenvalue weighted by Gasteiger charge is 2.30. The van der Waals surface area contributed by atoms with E-state index in [0.29, 0.717) is 11.0 Å². The summed E-state index contributed by atoms with van der Waals surface area (Å²) in [5.41, 5.74) is -0.671. The lowest BCUT2D eigenvalue weighted by molar-refractivity contribution is -0.137. The highest BCUT2D eigenvalue weighted by Crippen LogP contribution is 2.30. The van der Waals surface area contributed by atoms with Crippen molar-refractivity contribution >= 4 is 29.3 Å². The molecule has 12 heteroatoms. The van der Waals surface area contributed by atoms with Gasteiger partial charge in [-0.25, -0.2) is 4.39 Å². The third-order valence-electron chi connectivity index (χ3n) is 4.55. The van der Waals surface area contributed by atoms with Gasteiger partial charge in [0.25, 0.3) is 5.91 Å². The molecule has 0 radical (unpaired) electrons. The topological polar surface area (TPSA) is 88.9 Å². The molecule has 3 rings (SSSR count). The van der Waals surface area contributed by atoms with E-state index in [1.54, 1.807) is 24.6 Å². The van der Waals surface area contributed by atoms with Gasteiger partial charge in [0, 0.05) is 12.7 Å². The van der Waals surface area contributed by atoms with Gasteiger partial charge in [-0.05, 0) is 43.3 Å². The van der Waals surface area contributed by atoms with Crippen LogP contribution in [0.3, 0.4) is 0 Å². The van der Waals surface area contributed by atoms with Crippen molar-refractivity contribution in [2.45, 2.75) is 24.3 Å². The van der Waals surface area contributed by atoms with Gasteiger partial charge >= 0.3 is 6.18 Å². The summed E-state index contributed by atoms with van der Waals surface area (Å²) in [5, 5.41) is 13.6. The molecule has 2 aromatic carbocycles. The molecule has 2 amide bonds. The number of benzene rings is 2. The summed E-state index contributed by atoms with van der Waals surface area (Å²) in [4.78, 5) is 24.5. The molecule has 0 fully saturated rings. The molecule has 0 saturated heterocycles. The fourth-order valence-corrected chi connectivity index (χ4v) is 3.60. The van der Waals surface area contributed by atoms with Gasteiger partial charge in [0.05, 0.1) is 22.9 Å². The fourth-order valence-electron chi connectivity index (χ4n) is 2.88. The summed E-state index contributed by atoms with van der Waals surface area (Å²) >= 11 is 1.06. The number of nitrogens with zero attached hydrogens (tertiary/aromatic N) is 3. The second kappa shape index (κ2) is 10.0. The lowest BCUT2D eigenvalue weighted by Crippen LogP contribution is -2.29. The Morgan fingerprint density at radius 3 is 2.39 bits per heavy atom. The molecule has 2 N–H and O–H groups in total. The highest BCUT2D eigenvalue weighted by molar-refractivity contribution is 7.99. The van der Waals surface area contributed by atoms with Gasteiger partial charge in [-0.2, -0.15) is 13.2 Å². The zero-order valence-corrected chi connectivity index (χ0v) is 18.3. The van der Waals surface area contributed by atoms with Gasteiger partial charge in [0.1, 0.15) is 5.82 Å². The van der Waals surface area contributed by atoms with E-state index >= 15 is 0 Å². The van der Waals surface area contributed by atoms with Crippen LogP contribution in [0.2, 0.25) is 0 Å². The van der Waals surface area contributed by atoms with Gasteiger partial charge in [-0.15, -0.1) is 10.2 Å². The van der Waals surface area contributed by atoms with Crippen LogP contribution in [0.1, 0.15) is 34.7 Å². The smallest absolute Gasteiger partial charge is 0.342 e. The van der Waals surface area contributed by atoms with E-state index in [9.17, 15) is 27.2 Å². The summed E-state index contributed by atoms with van der Waals surface area (Å²) in [7, 11) is 1.65. The Bertz CT molecular complexity index is 1150. The maximum atomic E-state index is 13.8. The molecule has 0 aliphatic carbocycles. The van der Waals surface area contributed by atoms with Gasteiger partial charge < -0.3 is 15.2 Å². The average Bonchev–Trinajstić information content (AvgIpc) is 3.12. The average molecular weight is 481 g/mol. The number of carbonyl (C=O) groups excluding carboxylic acids is 2. The SMILES string of the molecule is CC(NC(=O)c1ccccc1F)c1nnc(SCC(=O)Nc2ccc(C(F)(F)F)cc2)n1C. The molecule has 174 valence electrons.